The van der Waals surface area contributed by atoms with Gasteiger partial charge in [-0.2, -0.15) is 0 Å². The molecule has 1 aromatic heterocycles. The van der Waals surface area contributed by atoms with Crippen LogP contribution in [0.4, 0.5) is 0 Å². The monoisotopic (exact) mass is 406 g/mol. The number of thioether (sulfide) groups is 1. The number of carbonyl (C=O) groups excluding carboxylic acids is 1. The van der Waals surface area contributed by atoms with Gasteiger partial charge in [-0.25, -0.2) is 0 Å². The summed E-state index contributed by atoms with van der Waals surface area (Å²) in [6.07, 6.45) is 3.65. The Morgan fingerprint density at radius 1 is 1.07 bits per heavy atom. The molecule has 2 aromatic carbocycles. The molecule has 1 unspecified atom stereocenters. The average molecular weight is 407 g/mol. The van der Waals surface area contributed by atoms with E-state index < -0.39 is 0 Å². The van der Waals surface area contributed by atoms with Crippen molar-refractivity contribution in [1.29, 1.82) is 0 Å². The van der Waals surface area contributed by atoms with Gasteiger partial charge < -0.3 is 10.1 Å². The summed E-state index contributed by atoms with van der Waals surface area (Å²) in [5.74, 6) is 1.86. The second-order valence-electron chi connectivity index (χ2n) is 7.14. The first kappa shape index (κ1) is 20.9. The van der Waals surface area contributed by atoms with Crippen LogP contribution in [0.25, 0.3) is 0 Å². The Hall–Kier alpha value is -2.79. The molecule has 4 nitrogen and oxygen atoms in total. The number of amides is 1. The highest BCUT2D eigenvalue weighted by Crippen LogP contribution is 2.26. The summed E-state index contributed by atoms with van der Waals surface area (Å²) < 4.78 is 5.23. The fraction of sp³-hybridized carbons (Fsp3) is 0.250. The van der Waals surface area contributed by atoms with Gasteiger partial charge in [-0.3, -0.25) is 9.78 Å². The maximum Gasteiger partial charge on any atom is 0.251 e. The Kier molecular flexibility index (Phi) is 7.30. The normalized spacial score (nSPS) is 11.9. The zero-order valence-electron chi connectivity index (χ0n) is 17.0. The molecule has 1 heterocycles. The SMILES string of the molecule is COc1ccc(C(NC(=O)c2ccc(SCc3cccnc3)cc2)C(C)C)cc1. The molecule has 0 saturated heterocycles. The summed E-state index contributed by atoms with van der Waals surface area (Å²) in [4.78, 5) is 18.1. The van der Waals surface area contributed by atoms with Crippen molar-refractivity contribution in [1.82, 2.24) is 10.3 Å². The summed E-state index contributed by atoms with van der Waals surface area (Å²) in [6.45, 7) is 4.21. The quantitative estimate of drug-likeness (QED) is 0.501. The van der Waals surface area contributed by atoms with Gasteiger partial charge in [0.25, 0.3) is 5.91 Å². The predicted octanol–water partition coefficient (Wildman–Crippen LogP) is 5.51. The van der Waals surface area contributed by atoms with Crippen molar-refractivity contribution in [3.63, 3.8) is 0 Å². The van der Waals surface area contributed by atoms with Crippen LogP contribution in [0.15, 0.2) is 78.0 Å². The number of carbonyl (C=O) groups is 1. The molecule has 0 aliphatic carbocycles. The second-order valence-corrected chi connectivity index (χ2v) is 8.19. The molecule has 0 aliphatic rings. The molecule has 0 radical (unpaired) electrons. The number of aromatic nitrogens is 1. The minimum Gasteiger partial charge on any atom is -0.497 e. The summed E-state index contributed by atoms with van der Waals surface area (Å²) in [5, 5.41) is 3.17. The number of ether oxygens (including phenoxy) is 1. The van der Waals surface area contributed by atoms with Gasteiger partial charge in [-0.15, -0.1) is 11.8 Å². The summed E-state index contributed by atoms with van der Waals surface area (Å²) in [7, 11) is 1.65. The third-order valence-electron chi connectivity index (χ3n) is 4.67. The number of hydrogen-bond acceptors (Lipinski definition) is 4. The first-order valence-corrected chi connectivity index (χ1v) is 10.6. The molecular formula is C24H26N2O2S. The van der Waals surface area contributed by atoms with E-state index in [9.17, 15) is 4.79 Å². The Balaban J connectivity index is 1.63. The lowest BCUT2D eigenvalue weighted by Gasteiger charge is -2.23. The largest absolute Gasteiger partial charge is 0.497 e. The van der Waals surface area contributed by atoms with Crippen LogP contribution in [0.2, 0.25) is 0 Å². The first-order chi connectivity index (χ1) is 14.1. The minimum atomic E-state index is -0.0664. The maximum absolute atomic E-state index is 12.8. The topological polar surface area (TPSA) is 51.2 Å². The molecule has 0 fully saturated rings. The number of methoxy groups -OCH3 is 1. The van der Waals surface area contributed by atoms with Gasteiger partial charge in [0.1, 0.15) is 5.75 Å². The summed E-state index contributed by atoms with van der Waals surface area (Å²) in [5.41, 5.74) is 2.91. The molecule has 29 heavy (non-hydrogen) atoms. The van der Waals surface area contributed by atoms with E-state index >= 15 is 0 Å². The molecule has 150 valence electrons. The van der Waals surface area contributed by atoms with E-state index in [4.69, 9.17) is 4.74 Å². The molecule has 0 spiro atoms. The molecule has 0 saturated carbocycles. The third-order valence-corrected chi connectivity index (χ3v) is 5.76. The molecule has 1 amide bonds. The average Bonchev–Trinajstić information content (AvgIpc) is 2.77. The lowest BCUT2D eigenvalue weighted by atomic mass is 9.95. The smallest absolute Gasteiger partial charge is 0.251 e. The van der Waals surface area contributed by atoms with Crippen molar-refractivity contribution in [3.8, 4) is 5.75 Å². The Morgan fingerprint density at radius 2 is 1.79 bits per heavy atom. The fourth-order valence-electron chi connectivity index (χ4n) is 3.02. The molecule has 5 heteroatoms. The van der Waals surface area contributed by atoms with Crippen molar-refractivity contribution in [2.24, 2.45) is 5.92 Å². The van der Waals surface area contributed by atoms with Gasteiger partial charge >= 0.3 is 0 Å². The van der Waals surface area contributed by atoms with Crippen molar-refractivity contribution in [2.75, 3.05) is 7.11 Å². The van der Waals surface area contributed by atoms with Crippen molar-refractivity contribution < 1.29 is 9.53 Å². The Bertz CT molecular complexity index is 910. The van der Waals surface area contributed by atoms with Crippen LogP contribution in [0, 0.1) is 5.92 Å². The van der Waals surface area contributed by atoms with Crippen molar-refractivity contribution in [3.05, 3.63) is 89.7 Å². The highest BCUT2D eigenvalue weighted by atomic mass is 32.2. The minimum absolute atomic E-state index is 0.0620. The van der Waals surface area contributed by atoms with Crippen LogP contribution in [0.1, 0.15) is 41.4 Å². The van der Waals surface area contributed by atoms with E-state index in [1.807, 2.05) is 60.8 Å². The fourth-order valence-corrected chi connectivity index (χ4v) is 3.86. The van der Waals surface area contributed by atoms with Crippen LogP contribution < -0.4 is 10.1 Å². The number of rotatable bonds is 8. The zero-order valence-corrected chi connectivity index (χ0v) is 17.8. The predicted molar refractivity (Wildman–Crippen MR) is 118 cm³/mol. The molecule has 3 rings (SSSR count). The van der Waals surface area contributed by atoms with E-state index in [2.05, 4.69) is 30.2 Å². The van der Waals surface area contributed by atoms with Gasteiger partial charge in [0, 0.05) is 28.6 Å². The van der Waals surface area contributed by atoms with E-state index in [0.29, 0.717) is 5.56 Å². The number of pyridine rings is 1. The number of hydrogen-bond donors (Lipinski definition) is 1. The van der Waals surface area contributed by atoms with Crippen molar-refractivity contribution >= 4 is 17.7 Å². The highest BCUT2D eigenvalue weighted by molar-refractivity contribution is 7.98. The van der Waals surface area contributed by atoms with Gasteiger partial charge in [0.05, 0.1) is 13.2 Å². The molecule has 0 aliphatic heterocycles. The van der Waals surface area contributed by atoms with E-state index in [0.717, 1.165) is 22.0 Å². The Morgan fingerprint density at radius 3 is 2.38 bits per heavy atom. The van der Waals surface area contributed by atoms with Gasteiger partial charge in [0.2, 0.25) is 0 Å². The number of benzene rings is 2. The maximum atomic E-state index is 12.8. The van der Waals surface area contributed by atoms with Crippen LogP contribution in [-0.2, 0) is 5.75 Å². The van der Waals surface area contributed by atoms with Gasteiger partial charge in [-0.05, 0) is 59.5 Å². The Labute approximate surface area is 176 Å². The second kappa shape index (κ2) is 10.1. The molecule has 1 atom stereocenters. The standard InChI is InChI=1S/C24H26N2O2S/c1-17(2)23(19-6-10-21(28-3)11-7-19)26-24(27)20-8-12-22(13-9-20)29-16-18-5-4-14-25-15-18/h4-15,17,23H,16H2,1-3H3,(H,26,27). The molecular weight excluding hydrogens is 380 g/mol. The number of nitrogens with one attached hydrogen (secondary N) is 1. The summed E-state index contributed by atoms with van der Waals surface area (Å²) in [6, 6.07) is 19.5. The van der Waals surface area contributed by atoms with Crippen molar-refractivity contribution in [2.45, 2.75) is 30.5 Å². The van der Waals surface area contributed by atoms with E-state index in [-0.39, 0.29) is 17.9 Å². The van der Waals surface area contributed by atoms with Gasteiger partial charge in [0.15, 0.2) is 0 Å². The summed E-state index contributed by atoms with van der Waals surface area (Å²) >= 11 is 1.73. The number of nitrogens with zero attached hydrogens (tertiary/aromatic N) is 1. The van der Waals surface area contributed by atoms with Crippen LogP contribution >= 0.6 is 11.8 Å². The zero-order chi connectivity index (χ0) is 20.6. The lowest BCUT2D eigenvalue weighted by molar-refractivity contribution is 0.0925. The molecule has 0 bridgehead atoms. The molecule has 3 aromatic rings. The van der Waals surface area contributed by atoms with Gasteiger partial charge in [-0.1, -0.05) is 32.0 Å². The van der Waals surface area contributed by atoms with Crippen LogP contribution in [0.3, 0.4) is 0 Å². The molecule has 1 N–H and O–H groups in total. The van der Waals surface area contributed by atoms with E-state index in [1.54, 1.807) is 25.1 Å². The highest BCUT2D eigenvalue weighted by Gasteiger charge is 2.19. The van der Waals surface area contributed by atoms with E-state index in [1.165, 1.54) is 5.56 Å². The third kappa shape index (κ3) is 5.84. The van der Waals surface area contributed by atoms with Crippen LogP contribution in [0.5, 0.6) is 5.75 Å². The van der Waals surface area contributed by atoms with Crippen LogP contribution in [-0.4, -0.2) is 18.0 Å². The lowest BCUT2D eigenvalue weighted by Crippen LogP contribution is -2.31. The first-order valence-electron chi connectivity index (χ1n) is 9.63.